The molecule has 7 nitrogen and oxygen atoms in total. The van der Waals surface area contributed by atoms with Crippen LogP contribution in [0.25, 0.3) is 0 Å². The summed E-state index contributed by atoms with van der Waals surface area (Å²) in [7, 11) is -4.23. The van der Waals surface area contributed by atoms with Gasteiger partial charge in [0.25, 0.3) is 10.0 Å². The maximum absolute atomic E-state index is 14.1. The second kappa shape index (κ2) is 14.0. The summed E-state index contributed by atoms with van der Waals surface area (Å²) < 4.78 is 28.7. The zero-order chi connectivity index (χ0) is 29.4. The molecule has 0 radical (unpaired) electrons. The van der Waals surface area contributed by atoms with Crippen LogP contribution in [0.5, 0.6) is 0 Å². The largest absolute Gasteiger partial charge is 0.352 e. The number of rotatable bonds is 12. The van der Waals surface area contributed by atoms with Gasteiger partial charge in [0.15, 0.2) is 0 Å². The lowest BCUT2D eigenvalue weighted by molar-refractivity contribution is -0.140. The Kier molecular flexibility index (Phi) is 11.0. The van der Waals surface area contributed by atoms with E-state index >= 15 is 0 Å². The van der Waals surface area contributed by atoms with Crippen LogP contribution in [0.4, 0.5) is 5.69 Å². The van der Waals surface area contributed by atoms with Crippen molar-refractivity contribution in [3.05, 3.63) is 94.0 Å². The van der Waals surface area contributed by atoms with Gasteiger partial charge in [-0.05, 0) is 56.5 Å². The average molecular weight is 605 g/mol. The van der Waals surface area contributed by atoms with Crippen LogP contribution >= 0.6 is 23.2 Å². The van der Waals surface area contributed by atoms with Crippen LogP contribution in [0.1, 0.15) is 44.7 Å². The van der Waals surface area contributed by atoms with Gasteiger partial charge in [0.05, 0.1) is 20.6 Å². The van der Waals surface area contributed by atoms with Gasteiger partial charge < -0.3 is 10.2 Å². The van der Waals surface area contributed by atoms with Crippen LogP contribution in [0.2, 0.25) is 10.0 Å². The number of carbonyl (C=O) groups is 2. The third-order valence-corrected chi connectivity index (χ3v) is 9.22. The summed E-state index contributed by atoms with van der Waals surface area (Å²) in [5.41, 5.74) is 1.89. The van der Waals surface area contributed by atoms with Crippen LogP contribution in [0.3, 0.4) is 0 Å². The number of anilines is 1. The second-order valence-electron chi connectivity index (χ2n) is 9.65. The minimum atomic E-state index is -4.23. The Morgan fingerprint density at radius 2 is 1.60 bits per heavy atom. The molecular weight excluding hydrogens is 569 g/mol. The molecular formula is C30H35Cl2N3O4S. The monoisotopic (exact) mass is 603 g/mol. The quantitative estimate of drug-likeness (QED) is 0.266. The van der Waals surface area contributed by atoms with Gasteiger partial charge in [-0.3, -0.25) is 13.9 Å². The van der Waals surface area contributed by atoms with Crippen LogP contribution < -0.4 is 9.62 Å². The summed E-state index contributed by atoms with van der Waals surface area (Å²) in [6.07, 6.45) is 1.06. The van der Waals surface area contributed by atoms with E-state index in [9.17, 15) is 18.0 Å². The summed E-state index contributed by atoms with van der Waals surface area (Å²) in [6, 6.07) is 19.1. The molecule has 0 aliphatic rings. The highest BCUT2D eigenvalue weighted by Gasteiger charge is 2.34. The fourth-order valence-electron chi connectivity index (χ4n) is 4.29. The van der Waals surface area contributed by atoms with Crippen LogP contribution in [-0.4, -0.2) is 43.8 Å². The maximum Gasteiger partial charge on any atom is 0.264 e. The van der Waals surface area contributed by atoms with Gasteiger partial charge in [-0.25, -0.2) is 8.42 Å². The molecule has 0 fully saturated rings. The van der Waals surface area contributed by atoms with Crippen molar-refractivity contribution in [2.24, 2.45) is 0 Å². The molecule has 0 heterocycles. The highest BCUT2D eigenvalue weighted by atomic mass is 35.5. The van der Waals surface area contributed by atoms with E-state index in [0.717, 1.165) is 21.9 Å². The van der Waals surface area contributed by atoms with E-state index in [1.165, 1.54) is 23.1 Å². The number of amides is 2. The van der Waals surface area contributed by atoms with E-state index in [0.29, 0.717) is 6.42 Å². The third-order valence-electron chi connectivity index (χ3n) is 6.63. The van der Waals surface area contributed by atoms with Crippen molar-refractivity contribution in [2.45, 2.75) is 64.1 Å². The molecule has 2 amide bonds. The summed E-state index contributed by atoms with van der Waals surface area (Å²) in [6.45, 7) is 7.16. The third kappa shape index (κ3) is 7.56. The van der Waals surface area contributed by atoms with Crippen molar-refractivity contribution in [2.75, 3.05) is 10.8 Å². The standard InChI is InChI=1S/C30H35Cl2N3O4S/c1-5-22(4)33-30(37)26(6-2)34(19-23-13-10-12-21(3)18-23)28(36)20-35(27-17-11-16-25(31)29(27)32)40(38,39)24-14-8-7-9-15-24/h7-18,22,26H,5-6,19-20H2,1-4H3,(H,33,37)/t22-,26+/m1/s1. The van der Waals surface area contributed by atoms with Crippen molar-refractivity contribution in [1.82, 2.24) is 10.2 Å². The Morgan fingerprint density at radius 1 is 0.925 bits per heavy atom. The molecule has 0 saturated carbocycles. The molecule has 0 aliphatic heterocycles. The number of halogens is 2. The lowest BCUT2D eigenvalue weighted by atomic mass is 10.1. The molecule has 3 aromatic carbocycles. The Balaban J connectivity index is 2.09. The van der Waals surface area contributed by atoms with E-state index < -0.39 is 28.5 Å². The highest BCUT2D eigenvalue weighted by Crippen LogP contribution is 2.35. The topological polar surface area (TPSA) is 86.8 Å². The number of nitrogens with zero attached hydrogens (tertiary/aromatic N) is 2. The number of carbonyl (C=O) groups excluding carboxylic acids is 2. The predicted molar refractivity (Wildman–Crippen MR) is 161 cm³/mol. The first-order valence-corrected chi connectivity index (χ1v) is 15.4. The molecule has 214 valence electrons. The number of sulfonamides is 1. The van der Waals surface area contributed by atoms with Gasteiger partial charge in [0.1, 0.15) is 12.6 Å². The first kappa shape index (κ1) is 31.5. The summed E-state index contributed by atoms with van der Waals surface area (Å²) in [5, 5.41) is 3.12. The molecule has 3 aromatic rings. The summed E-state index contributed by atoms with van der Waals surface area (Å²) in [5.74, 6) is -0.848. The number of aryl methyl sites for hydroxylation is 1. The summed E-state index contributed by atoms with van der Waals surface area (Å²) in [4.78, 5) is 28.9. The minimum absolute atomic E-state index is 0.00302. The number of hydrogen-bond donors (Lipinski definition) is 1. The Hall–Kier alpha value is -3.07. The van der Waals surface area contributed by atoms with Crippen LogP contribution in [0, 0.1) is 6.92 Å². The molecule has 10 heteroatoms. The van der Waals surface area contributed by atoms with Crippen molar-refractivity contribution < 1.29 is 18.0 Å². The van der Waals surface area contributed by atoms with Crippen molar-refractivity contribution in [1.29, 1.82) is 0 Å². The van der Waals surface area contributed by atoms with Gasteiger partial charge in [-0.15, -0.1) is 0 Å². The van der Waals surface area contributed by atoms with Crippen LogP contribution in [-0.2, 0) is 26.2 Å². The second-order valence-corrected chi connectivity index (χ2v) is 12.3. The van der Waals surface area contributed by atoms with Gasteiger partial charge in [0, 0.05) is 12.6 Å². The fraction of sp³-hybridized carbons (Fsp3) is 0.333. The zero-order valence-electron chi connectivity index (χ0n) is 23.1. The summed E-state index contributed by atoms with van der Waals surface area (Å²) >= 11 is 12.7. The minimum Gasteiger partial charge on any atom is -0.352 e. The van der Waals surface area contributed by atoms with Gasteiger partial charge in [-0.2, -0.15) is 0 Å². The van der Waals surface area contributed by atoms with E-state index in [2.05, 4.69) is 5.32 Å². The first-order chi connectivity index (χ1) is 19.0. The molecule has 0 unspecified atom stereocenters. The molecule has 1 N–H and O–H groups in total. The Morgan fingerprint density at radius 3 is 2.23 bits per heavy atom. The fourth-order valence-corrected chi connectivity index (χ4v) is 6.18. The van der Waals surface area contributed by atoms with Crippen LogP contribution in [0.15, 0.2) is 77.7 Å². The molecule has 2 atom stereocenters. The van der Waals surface area contributed by atoms with E-state index in [1.54, 1.807) is 30.3 Å². The first-order valence-electron chi connectivity index (χ1n) is 13.2. The van der Waals surface area contributed by atoms with Crippen molar-refractivity contribution in [3.63, 3.8) is 0 Å². The van der Waals surface area contributed by atoms with E-state index in [4.69, 9.17) is 23.2 Å². The molecule has 3 rings (SSSR count). The molecule has 0 aliphatic carbocycles. The SMILES string of the molecule is CC[C@@H](C)NC(=O)[C@H](CC)N(Cc1cccc(C)c1)C(=O)CN(c1cccc(Cl)c1Cl)S(=O)(=O)c1ccccc1. The van der Waals surface area contributed by atoms with E-state index in [1.807, 2.05) is 52.0 Å². The lowest BCUT2D eigenvalue weighted by Crippen LogP contribution is -2.53. The van der Waals surface area contributed by atoms with Gasteiger partial charge in [-0.1, -0.05) is 91.1 Å². The van der Waals surface area contributed by atoms with E-state index in [-0.39, 0.29) is 39.1 Å². The Bertz CT molecular complexity index is 1430. The van der Waals surface area contributed by atoms with Gasteiger partial charge >= 0.3 is 0 Å². The molecule has 0 bridgehead atoms. The predicted octanol–water partition coefficient (Wildman–Crippen LogP) is 6.22. The Labute approximate surface area is 247 Å². The molecule has 0 spiro atoms. The maximum atomic E-state index is 14.1. The smallest absolute Gasteiger partial charge is 0.264 e. The number of nitrogens with one attached hydrogen (secondary N) is 1. The van der Waals surface area contributed by atoms with Gasteiger partial charge in [0.2, 0.25) is 11.8 Å². The van der Waals surface area contributed by atoms with Crippen molar-refractivity contribution >= 4 is 50.7 Å². The zero-order valence-corrected chi connectivity index (χ0v) is 25.4. The number of benzene rings is 3. The average Bonchev–Trinajstić information content (AvgIpc) is 2.93. The normalized spacial score (nSPS) is 12.8. The van der Waals surface area contributed by atoms with Crippen molar-refractivity contribution in [3.8, 4) is 0 Å². The molecule has 0 aromatic heterocycles. The molecule has 40 heavy (non-hydrogen) atoms. The highest BCUT2D eigenvalue weighted by molar-refractivity contribution is 7.92. The lowest BCUT2D eigenvalue weighted by Gasteiger charge is -2.34. The number of hydrogen-bond acceptors (Lipinski definition) is 4. The molecule has 0 saturated heterocycles.